The van der Waals surface area contributed by atoms with Crippen LogP contribution in [-0.4, -0.2) is 20.7 Å². The van der Waals surface area contributed by atoms with E-state index in [-0.39, 0.29) is 5.91 Å². The van der Waals surface area contributed by atoms with Crippen molar-refractivity contribution in [3.8, 4) is 5.75 Å². The molecular weight excluding hydrogens is 542 g/mol. The van der Waals surface area contributed by atoms with Crippen LogP contribution >= 0.6 is 11.8 Å². The zero-order chi connectivity index (χ0) is 28.9. The molecule has 1 aliphatic heterocycles. The minimum atomic E-state index is -0.478. The predicted octanol–water partition coefficient (Wildman–Crippen LogP) is 7.39. The number of rotatable bonds is 9. The summed E-state index contributed by atoms with van der Waals surface area (Å²) in [6.07, 6.45) is 0. The van der Waals surface area contributed by atoms with Gasteiger partial charge < -0.3 is 15.4 Å². The van der Waals surface area contributed by atoms with Gasteiger partial charge in [-0.25, -0.2) is 4.68 Å². The van der Waals surface area contributed by atoms with Gasteiger partial charge in [-0.1, -0.05) is 96.7 Å². The van der Waals surface area contributed by atoms with Crippen LogP contribution in [0, 0.1) is 6.92 Å². The Morgan fingerprint density at radius 2 is 1.60 bits per heavy atom. The Bertz CT molecular complexity index is 1720. The Balaban J connectivity index is 1.29. The average Bonchev–Trinajstić information content (AvgIpc) is 3.42. The van der Waals surface area contributed by atoms with E-state index in [1.165, 1.54) is 11.1 Å². The summed E-state index contributed by atoms with van der Waals surface area (Å²) in [6.45, 7) is 4.47. The van der Waals surface area contributed by atoms with E-state index in [9.17, 15) is 4.79 Å². The van der Waals surface area contributed by atoms with Crippen LogP contribution in [0.25, 0.3) is 0 Å². The fraction of sp³-hybridized carbons (Fsp3) is 0.147. The molecule has 0 spiro atoms. The first-order chi connectivity index (χ1) is 20.5. The van der Waals surface area contributed by atoms with Gasteiger partial charge in [0.15, 0.2) is 0 Å². The van der Waals surface area contributed by atoms with Gasteiger partial charge in [-0.15, -0.1) is 5.10 Å². The van der Waals surface area contributed by atoms with Crippen molar-refractivity contribution in [2.45, 2.75) is 37.4 Å². The van der Waals surface area contributed by atoms with Gasteiger partial charge in [-0.05, 0) is 60.4 Å². The quantitative estimate of drug-likeness (QED) is 0.179. The summed E-state index contributed by atoms with van der Waals surface area (Å²) >= 11 is 1.56. The van der Waals surface area contributed by atoms with Gasteiger partial charge in [-0.3, -0.25) is 4.79 Å². The molecule has 0 radical (unpaired) electrons. The maximum absolute atomic E-state index is 13.7. The Morgan fingerprint density at radius 3 is 2.33 bits per heavy atom. The number of ether oxygens (including phenoxy) is 1. The van der Waals surface area contributed by atoms with Crippen molar-refractivity contribution in [3.05, 3.63) is 143 Å². The van der Waals surface area contributed by atoms with E-state index in [1.807, 2.05) is 96.5 Å². The van der Waals surface area contributed by atoms with Gasteiger partial charge in [0.1, 0.15) is 18.4 Å². The standard InChI is InChI=1S/C34H31N5O2S/c1-23-11-9-10-14-27(23)21-41-29-19-17-26(18-20-29)31-30(32(40)36-28-15-7-4-8-16-28)24(2)35-33-37-34(38-39(31)33)42-22-25-12-5-3-6-13-25/h3-20,31H,21-22H2,1-2H3,(H,36,40)(H,35,37,38). The van der Waals surface area contributed by atoms with Gasteiger partial charge in [0, 0.05) is 17.1 Å². The molecule has 1 atom stereocenters. The zero-order valence-electron chi connectivity index (χ0n) is 23.5. The first-order valence-electron chi connectivity index (χ1n) is 13.8. The lowest BCUT2D eigenvalue weighted by Gasteiger charge is -2.28. The molecule has 0 saturated heterocycles. The lowest BCUT2D eigenvalue weighted by atomic mass is 9.95. The van der Waals surface area contributed by atoms with Crippen LogP contribution in [0.15, 0.2) is 126 Å². The summed E-state index contributed by atoms with van der Waals surface area (Å²) in [5.41, 5.74) is 6.47. The number of allylic oxidation sites excluding steroid dienone is 1. The number of amides is 1. The lowest BCUT2D eigenvalue weighted by Crippen LogP contribution is -2.31. The summed E-state index contributed by atoms with van der Waals surface area (Å²) in [7, 11) is 0. The molecule has 7 nitrogen and oxygen atoms in total. The van der Waals surface area contributed by atoms with E-state index < -0.39 is 6.04 Å². The monoisotopic (exact) mass is 573 g/mol. The highest BCUT2D eigenvalue weighted by atomic mass is 32.2. The van der Waals surface area contributed by atoms with Gasteiger partial charge >= 0.3 is 0 Å². The van der Waals surface area contributed by atoms with Crippen LogP contribution in [0.1, 0.15) is 35.2 Å². The molecule has 6 rings (SSSR count). The van der Waals surface area contributed by atoms with Crippen molar-refractivity contribution >= 4 is 29.3 Å². The number of hydrogen-bond donors (Lipinski definition) is 2. The maximum Gasteiger partial charge on any atom is 0.255 e. The summed E-state index contributed by atoms with van der Waals surface area (Å²) in [4.78, 5) is 18.5. The van der Waals surface area contributed by atoms with Crippen molar-refractivity contribution in [1.29, 1.82) is 0 Å². The van der Waals surface area contributed by atoms with Gasteiger partial charge in [0.25, 0.3) is 5.91 Å². The van der Waals surface area contributed by atoms with E-state index in [0.717, 1.165) is 34.0 Å². The number of hydrogen-bond acceptors (Lipinski definition) is 6. The van der Waals surface area contributed by atoms with E-state index in [2.05, 4.69) is 41.8 Å². The Labute approximate surface area is 249 Å². The van der Waals surface area contributed by atoms with Crippen molar-refractivity contribution in [3.63, 3.8) is 0 Å². The van der Waals surface area contributed by atoms with Crippen LogP contribution in [0.4, 0.5) is 11.6 Å². The lowest BCUT2D eigenvalue weighted by molar-refractivity contribution is -0.113. The molecule has 5 aromatic rings. The maximum atomic E-state index is 13.7. The highest BCUT2D eigenvalue weighted by Crippen LogP contribution is 2.37. The van der Waals surface area contributed by atoms with Crippen molar-refractivity contribution in [2.24, 2.45) is 0 Å². The van der Waals surface area contributed by atoms with Crippen molar-refractivity contribution < 1.29 is 9.53 Å². The smallest absolute Gasteiger partial charge is 0.255 e. The normalized spacial score (nSPS) is 14.2. The molecule has 210 valence electrons. The average molecular weight is 574 g/mol. The molecule has 1 aliphatic rings. The minimum Gasteiger partial charge on any atom is -0.489 e. The van der Waals surface area contributed by atoms with Gasteiger partial charge in [0.2, 0.25) is 11.1 Å². The number of anilines is 2. The SMILES string of the molecule is CC1=C(C(=O)Nc2ccccc2)C(c2ccc(OCc3ccccc3C)cc2)n2nc(SCc3ccccc3)nc2N1. The molecule has 0 aliphatic carbocycles. The minimum absolute atomic E-state index is 0.198. The van der Waals surface area contributed by atoms with E-state index in [1.54, 1.807) is 11.8 Å². The number of nitrogens with one attached hydrogen (secondary N) is 2. The third-order valence-corrected chi connectivity index (χ3v) is 8.08. The fourth-order valence-electron chi connectivity index (χ4n) is 4.92. The van der Waals surface area contributed by atoms with Crippen LogP contribution in [-0.2, 0) is 17.2 Å². The highest BCUT2D eigenvalue weighted by molar-refractivity contribution is 7.98. The Kier molecular flexibility index (Phi) is 8.05. The Morgan fingerprint density at radius 1 is 0.905 bits per heavy atom. The van der Waals surface area contributed by atoms with Crippen LogP contribution in [0.3, 0.4) is 0 Å². The predicted molar refractivity (Wildman–Crippen MR) is 168 cm³/mol. The summed E-state index contributed by atoms with van der Waals surface area (Å²) in [6, 6.07) is 35.3. The van der Waals surface area contributed by atoms with Crippen LogP contribution in [0.5, 0.6) is 5.75 Å². The highest BCUT2D eigenvalue weighted by Gasteiger charge is 2.34. The third-order valence-electron chi connectivity index (χ3n) is 7.17. The molecule has 2 heterocycles. The number of para-hydroxylation sites is 1. The van der Waals surface area contributed by atoms with Gasteiger partial charge in [0.05, 0.1) is 5.57 Å². The largest absolute Gasteiger partial charge is 0.489 e. The Hall–Kier alpha value is -4.82. The number of carbonyl (C=O) groups excluding carboxylic acids is 1. The number of benzene rings is 4. The number of fused-ring (bicyclic) bond motifs is 1. The third kappa shape index (κ3) is 6.09. The number of carbonyl (C=O) groups is 1. The number of nitrogens with zero attached hydrogens (tertiary/aromatic N) is 3. The number of thioether (sulfide) groups is 1. The molecule has 1 aromatic heterocycles. The van der Waals surface area contributed by atoms with Crippen molar-refractivity contribution in [1.82, 2.24) is 14.8 Å². The first-order valence-corrected chi connectivity index (χ1v) is 14.8. The molecule has 1 unspecified atom stereocenters. The second-order valence-electron chi connectivity index (χ2n) is 10.1. The number of aromatic nitrogens is 3. The zero-order valence-corrected chi connectivity index (χ0v) is 24.3. The van der Waals surface area contributed by atoms with Crippen molar-refractivity contribution in [2.75, 3.05) is 10.6 Å². The molecule has 2 N–H and O–H groups in total. The second kappa shape index (κ2) is 12.4. The summed E-state index contributed by atoms with van der Waals surface area (Å²) in [5.74, 6) is 1.90. The van der Waals surface area contributed by atoms with Crippen LogP contribution in [0.2, 0.25) is 0 Å². The van der Waals surface area contributed by atoms with Gasteiger partial charge in [-0.2, -0.15) is 4.98 Å². The van der Waals surface area contributed by atoms with E-state index >= 15 is 0 Å². The molecule has 0 saturated carbocycles. The molecule has 0 fully saturated rings. The molecule has 1 amide bonds. The molecule has 4 aromatic carbocycles. The fourth-order valence-corrected chi connectivity index (χ4v) is 5.70. The molecular formula is C34H31N5O2S. The second-order valence-corrected chi connectivity index (χ2v) is 11.0. The van der Waals surface area contributed by atoms with Crippen LogP contribution < -0.4 is 15.4 Å². The molecule has 8 heteroatoms. The number of aryl methyl sites for hydroxylation is 1. The molecule has 42 heavy (non-hydrogen) atoms. The van der Waals surface area contributed by atoms with E-state index in [4.69, 9.17) is 14.8 Å². The topological polar surface area (TPSA) is 81.1 Å². The first kappa shape index (κ1) is 27.4. The summed E-state index contributed by atoms with van der Waals surface area (Å²) < 4.78 is 7.90. The molecule has 0 bridgehead atoms. The summed E-state index contributed by atoms with van der Waals surface area (Å²) in [5, 5.41) is 11.9. The van der Waals surface area contributed by atoms with E-state index in [0.29, 0.717) is 23.3 Å².